The lowest BCUT2D eigenvalue weighted by Crippen LogP contribution is -2.09. The van der Waals surface area contributed by atoms with Gasteiger partial charge in [-0.1, -0.05) is 18.2 Å². The van der Waals surface area contributed by atoms with Crippen LogP contribution in [0.3, 0.4) is 0 Å². The SMILES string of the molecule is COc1ccc(C(=O)Oc2ccc(C=Cc3ccncc3)cc2OC)cc1OC. The predicted octanol–water partition coefficient (Wildman–Crippen LogP) is 4.50. The molecule has 0 amide bonds. The van der Waals surface area contributed by atoms with Gasteiger partial charge < -0.3 is 18.9 Å². The monoisotopic (exact) mass is 391 g/mol. The third-order valence-corrected chi connectivity index (χ3v) is 4.18. The Bertz CT molecular complexity index is 1020. The molecule has 3 aromatic rings. The van der Waals surface area contributed by atoms with Gasteiger partial charge in [-0.2, -0.15) is 0 Å². The maximum absolute atomic E-state index is 12.6. The van der Waals surface area contributed by atoms with Crippen LogP contribution >= 0.6 is 0 Å². The Morgan fingerprint density at radius 2 is 1.34 bits per heavy atom. The standard InChI is InChI=1S/C23H21NO5/c1-26-19-9-7-18(15-22(19)28-3)23(25)29-20-8-6-17(14-21(20)27-2)5-4-16-10-12-24-13-11-16/h4-15H,1-3H3. The number of ether oxygens (including phenoxy) is 4. The van der Waals surface area contributed by atoms with Gasteiger partial charge in [0.1, 0.15) is 0 Å². The van der Waals surface area contributed by atoms with Crippen LogP contribution in [0.5, 0.6) is 23.0 Å². The van der Waals surface area contributed by atoms with Crippen molar-refractivity contribution in [2.24, 2.45) is 0 Å². The molecule has 0 aliphatic carbocycles. The molecule has 3 rings (SSSR count). The van der Waals surface area contributed by atoms with Gasteiger partial charge in [-0.25, -0.2) is 4.79 Å². The molecule has 1 heterocycles. The van der Waals surface area contributed by atoms with Gasteiger partial charge in [0.05, 0.1) is 26.9 Å². The molecule has 29 heavy (non-hydrogen) atoms. The predicted molar refractivity (Wildman–Crippen MR) is 111 cm³/mol. The number of esters is 1. The Morgan fingerprint density at radius 1 is 0.724 bits per heavy atom. The molecule has 0 aliphatic heterocycles. The van der Waals surface area contributed by atoms with Gasteiger partial charge >= 0.3 is 5.97 Å². The van der Waals surface area contributed by atoms with Crippen LogP contribution < -0.4 is 18.9 Å². The molecular formula is C23H21NO5. The summed E-state index contributed by atoms with van der Waals surface area (Å²) in [6.45, 7) is 0. The highest BCUT2D eigenvalue weighted by Crippen LogP contribution is 2.31. The summed E-state index contributed by atoms with van der Waals surface area (Å²) in [4.78, 5) is 16.5. The molecule has 0 unspecified atom stereocenters. The van der Waals surface area contributed by atoms with E-state index in [1.807, 2.05) is 30.4 Å². The Balaban J connectivity index is 1.78. The van der Waals surface area contributed by atoms with E-state index in [1.54, 1.807) is 42.7 Å². The largest absolute Gasteiger partial charge is 0.493 e. The molecule has 0 bridgehead atoms. The maximum atomic E-state index is 12.6. The third kappa shape index (κ3) is 4.93. The second kappa shape index (κ2) is 9.41. The van der Waals surface area contributed by atoms with Crippen LogP contribution in [0.1, 0.15) is 21.5 Å². The lowest BCUT2D eigenvalue weighted by molar-refractivity contribution is 0.0729. The Kier molecular flexibility index (Phi) is 6.47. The van der Waals surface area contributed by atoms with Crippen LogP contribution in [0.25, 0.3) is 12.2 Å². The molecule has 0 saturated carbocycles. The van der Waals surface area contributed by atoms with E-state index in [0.29, 0.717) is 28.6 Å². The van der Waals surface area contributed by atoms with Crippen molar-refractivity contribution in [3.8, 4) is 23.0 Å². The van der Waals surface area contributed by atoms with Crippen LogP contribution in [-0.2, 0) is 0 Å². The van der Waals surface area contributed by atoms with Crippen LogP contribution in [0.2, 0.25) is 0 Å². The number of benzene rings is 2. The summed E-state index contributed by atoms with van der Waals surface area (Å²) in [5.41, 5.74) is 2.28. The molecule has 0 N–H and O–H groups in total. The fraction of sp³-hybridized carbons (Fsp3) is 0.130. The molecular weight excluding hydrogens is 370 g/mol. The number of carbonyl (C=O) groups excluding carboxylic acids is 1. The summed E-state index contributed by atoms with van der Waals surface area (Å²) in [5, 5.41) is 0. The van der Waals surface area contributed by atoms with Crippen LogP contribution in [0.15, 0.2) is 60.9 Å². The Labute approximate surface area is 169 Å². The number of hydrogen-bond donors (Lipinski definition) is 0. The number of rotatable bonds is 7. The van der Waals surface area contributed by atoms with Crippen molar-refractivity contribution in [2.75, 3.05) is 21.3 Å². The van der Waals surface area contributed by atoms with E-state index in [9.17, 15) is 4.79 Å². The van der Waals surface area contributed by atoms with Crippen molar-refractivity contribution in [2.45, 2.75) is 0 Å². The van der Waals surface area contributed by atoms with Gasteiger partial charge in [0, 0.05) is 12.4 Å². The summed E-state index contributed by atoms with van der Waals surface area (Å²) in [6.07, 6.45) is 7.37. The highest BCUT2D eigenvalue weighted by atomic mass is 16.6. The highest BCUT2D eigenvalue weighted by Gasteiger charge is 2.15. The summed E-state index contributed by atoms with van der Waals surface area (Å²) >= 11 is 0. The van der Waals surface area contributed by atoms with Gasteiger partial charge in [-0.05, 0) is 53.6 Å². The quantitative estimate of drug-likeness (QED) is 0.436. The molecule has 0 atom stereocenters. The lowest BCUT2D eigenvalue weighted by Gasteiger charge is -2.12. The van der Waals surface area contributed by atoms with Crippen molar-refractivity contribution in [3.05, 3.63) is 77.6 Å². The van der Waals surface area contributed by atoms with E-state index >= 15 is 0 Å². The third-order valence-electron chi connectivity index (χ3n) is 4.18. The molecule has 0 radical (unpaired) electrons. The van der Waals surface area contributed by atoms with E-state index < -0.39 is 5.97 Å². The van der Waals surface area contributed by atoms with Gasteiger partial charge in [-0.3, -0.25) is 4.98 Å². The number of nitrogens with zero attached hydrogens (tertiary/aromatic N) is 1. The van der Waals surface area contributed by atoms with Gasteiger partial charge in [-0.15, -0.1) is 0 Å². The minimum atomic E-state index is -0.524. The zero-order chi connectivity index (χ0) is 20.6. The van der Waals surface area contributed by atoms with Crippen LogP contribution in [0.4, 0.5) is 0 Å². The maximum Gasteiger partial charge on any atom is 0.343 e. The van der Waals surface area contributed by atoms with Crippen LogP contribution in [-0.4, -0.2) is 32.3 Å². The first-order valence-electron chi connectivity index (χ1n) is 8.85. The number of methoxy groups -OCH3 is 3. The number of aromatic nitrogens is 1. The topological polar surface area (TPSA) is 66.9 Å². The zero-order valence-electron chi connectivity index (χ0n) is 16.4. The lowest BCUT2D eigenvalue weighted by atomic mass is 10.1. The van der Waals surface area contributed by atoms with Gasteiger partial charge in [0.25, 0.3) is 0 Å². The average molecular weight is 391 g/mol. The fourth-order valence-electron chi connectivity index (χ4n) is 2.66. The average Bonchev–Trinajstić information content (AvgIpc) is 2.78. The molecule has 6 heteroatoms. The normalized spacial score (nSPS) is 10.6. The van der Waals surface area contributed by atoms with Crippen molar-refractivity contribution >= 4 is 18.1 Å². The van der Waals surface area contributed by atoms with Crippen molar-refractivity contribution in [1.29, 1.82) is 0 Å². The van der Waals surface area contributed by atoms with Gasteiger partial charge in [0.2, 0.25) is 0 Å². The fourth-order valence-corrected chi connectivity index (χ4v) is 2.66. The zero-order valence-corrected chi connectivity index (χ0v) is 16.4. The molecule has 2 aromatic carbocycles. The molecule has 1 aromatic heterocycles. The summed E-state index contributed by atoms with van der Waals surface area (Å²) in [6, 6.07) is 14.0. The first-order valence-corrected chi connectivity index (χ1v) is 8.85. The molecule has 0 saturated heterocycles. The van der Waals surface area contributed by atoms with E-state index in [1.165, 1.54) is 21.3 Å². The van der Waals surface area contributed by atoms with Crippen LogP contribution in [0, 0.1) is 0 Å². The molecule has 148 valence electrons. The summed E-state index contributed by atoms with van der Waals surface area (Å²) in [7, 11) is 4.57. The molecule has 6 nitrogen and oxygen atoms in total. The van der Waals surface area contributed by atoms with Crippen molar-refractivity contribution in [3.63, 3.8) is 0 Å². The summed E-state index contributed by atoms with van der Waals surface area (Å²) in [5.74, 6) is 1.24. The smallest absolute Gasteiger partial charge is 0.343 e. The van der Waals surface area contributed by atoms with E-state index in [2.05, 4.69) is 4.98 Å². The second-order valence-corrected chi connectivity index (χ2v) is 5.98. The Hall–Kier alpha value is -3.80. The number of carbonyl (C=O) groups is 1. The van der Waals surface area contributed by atoms with E-state index in [4.69, 9.17) is 18.9 Å². The minimum absolute atomic E-state index is 0.327. The Morgan fingerprint density at radius 3 is 2.03 bits per heavy atom. The van der Waals surface area contributed by atoms with Crippen molar-refractivity contribution in [1.82, 2.24) is 4.98 Å². The summed E-state index contributed by atoms with van der Waals surface area (Å²) < 4.78 is 21.3. The molecule has 0 spiro atoms. The van der Waals surface area contributed by atoms with E-state index in [0.717, 1.165) is 11.1 Å². The minimum Gasteiger partial charge on any atom is -0.493 e. The van der Waals surface area contributed by atoms with Crippen molar-refractivity contribution < 1.29 is 23.7 Å². The molecule has 0 fully saturated rings. The highest BCUT2D eigenvalue weighted by molar-refractivity contribution is 5.92. The number of hydrogen-bond acceptors (Lipinski definition) is 6. The first kappa shape index (κ1) is 19.9. The molecule has 0 aliphatic rings. The first-order chi connectivity index (χ1) is 14.1. The van der Waals surface area contributed by atoms with Gasteiger partial charge in [0.15, 0.2) is 23.0 Å². The number of pyridine rings is 1. The van der Waals surface area contributed by atoms with E-state index in [-0.39, 0.29) is 0 Å². The second-order valence-electron chi connectivity index (χ2n) is 5.98.